The Labute approximate surface area is 151 Å². The van der Waals surface area contributed by atoms with Crippen LogP contribution in [-0.4, -0.2) is 40.8 Å². The smallest absolute Gasteiger partial charge is 0.244 e. The molecule has 2 aromatic rings. The Bertz CT molecular complexity index is 838. The summed E-state index contributed by atoms with van der Waals surface area (Å²) in [6.45, 7) is 2.91. The number of aryl methyl sites for hydroxylation is 1. The molecule has 1 fully saturated rings. The Hall–Kier alpha value is -1.58. The summed E-state index contributed by atoms with van der Waals surface area (Å²) in [6.07, 6.45) is 5.94. The van der Waals surface area contributed by atoms with E-state index in [-0.39, 0.29) is 9.92 Å². The molecule has 0 saturated carbocycles. The molecule has 0 radical (unpaired) electrons. The summed E-state index contributed by atoms with van der Waals surface area (Å²) in [4.78, 5) is 12.2. The number of hydrogen-bond acceptors (Lipinski definition) is 6. The molecule has 0 aromatic carbocycles. The van der Waals surface area contributed by atoms with Crippen molar-refractivity contribution in [3.05, 3.63) is 36.2 Å². The van der Waals surface area contributed by atoms with E-state index in [2.05, 4.69) is 15.0 Å². The lowest BCUT2D eigenvalue weighted by Gasteiger charge is -2.25. The van der Waals surface area contributed by atoms with E-state index in [0.29, 0.717) is 30.2 Å². The molecule has 0 unspecified atom stereocenters. The second kappa shape index (κ2) is 7.76. The molecule has 0 spiro atoms. The van der Waals surface area contributed by atoms with Gasteiger partial charge in [-0.05, 0) is 43.2 Å². The minimum absolute atomic E-state index is 0.163. The third-order valence-electron chi connectivity index (χ3n) is 4.03. The normalized spacial score (nSPS) is 16.1. The van der Waals surface area contributed by atoms with Crippen LogP contribution in [0.2, 0.25) is 0 Å². The number of halogens is 1. The average molecular weight is 382 g/mol. The Morgan fingerprint density at radius 1 is 1.16 bits per heavy atom. The lowest BCUT2D eigenvalue weighted by Crippen LogP contribution is -2.35. The zero-order valence-electron chi connectivity index (χ0n) is 13.9. The van der Waals surface area contributed by atoms with Crippen LogP contribution in [0, 0.1) is 5.82 Å². The van der Waals surface area contributed by atoms with Crippen molar-refractivity contribution in [3.63, 3.8) is 0 Å². The van der Waals surface area contributed by atoms with Gasteiger partial charge in [-0.1, -0.05) is 13.3 Å². The van der Waals surface area contributed by atoms with Crippen LogP contribution in [0.15, 0.2) is 39.6 Å². The van der Waals surface area contributed by atoms with Crippen LogP contribution in [0.4, 0.5) is 4.39 Å². The highest BCUT2D eigenvalue weighted by atomic mass is 32.2. The molecule has 3 rings (SSSR count). The van der Waals surface area contributed by atoms with Crippen LogP contribution in [0.3, 0.4) is 0 Å². The number of piperidine rings is 1. The molecule has 3 heterocycles. The zero-order valence-corrected chi connectivity index (χ0v) is 15.5. The molecule has 0 amide bonds. The van der Waals surface area contributed by atoms with Gasteiger partial charge in [-0.2, -0.15) is 4.31 Å². The SMILES string of the molecule is CCc1ncnc(Sc2ccc(S(=O)(=O)N3CCCCC3)cn2)c1F. The molecule has 9 heteroatoms. The van der Waals surface area contributed by atoms with Gasteiger partial charge in [0.2, 0.25) is 10.0 Å². The first-order chi connectivity index (χ1) is 12.0. The maximum absolute atomic E-state index is 14.2. The lowest BCUT2D eigenvalue weighted by molar-refractivity contribution is 0.346. The van der Waals surface area contributed by atoms with Gasteiger partial charge in [-0.25, -0.2) is 27.8 Å². The van der Waals surface area contributed by atoms with E-state index in [1.165, 1.54) is 22.9 Å². The van der Waals surface area contributed by atoms with Gasteiger partial charge in [0.05, 0.1) is 5.69 Å². The third kappa shape index (κ3) is 3.99. The van der Waals surface area contributed by atoms with Crippen molar-refractivity contribution in [3.8, 4) is 0 Å². The molecule has 1 aliphatic rings. The molecule has 25 heavy (non-hydrogen) atoms. The van der Waals surface area contributed by atoms with Gasteiger partial charge in [-0.15, -0.1) is 0 Å². The summed E-state index contributed by atoms with van der Waals surface area (Å²) >= 11 is 1.05. The largest absolute Gasteiger partial charge is 0.248 e. The van der Waals surface area contributed by atoms with Gasteiger partial charge in [-0.3, -0.25) is 0 Å². The molecule has 134 valence electrons. The quantitative estimate of drug-likeness (QED) is 0.740. The summed E-state index contributed by atoms with van der Waals surface area (Å²) in [7, 11) is -3.51. The van der Waals surface area contributed by atoms with E-state index in [0.717, 1.165) is 31.0 Å². The summed E-state index contributed by atoms with van der Waals surface area (Å²) in [5.74, 6) is -0.457. The predicted octanol–water partition coefficient (Wildman–Crippen LogP) is 2.90. The minimum Gasteiger partial charge on any atom is -0.248 e. The predicted molar refractivity (Wildman–Crippen MR) is 92.3 cm³/mol. The number of pyridine rings is 1. The van der Waals surface area contributed by atoms with Crippen molar-refractivity contribution >= 4 is 21.8 Å². The van der Waals surface area contributed by atoms with Crippen LogP contribution in [0.1, 0.15) is 31.9 Å². The molecular weight excluding hydrogens is 363 g/mol. The topological polar surface area (TPSA) is 76.1 Å². The fourth-order valence-corrected chi connectivity index (χ4v) is 4.85. The summed E-state index contributed by atoms with van der Waals surface area (Å²) in [6, 6.07) is 3.09. The van der Waals surface area contributed by atoms with Crippen LogP contribution in [0.5, 0.6) is 0 Å². The number of hydrogen-bond donors (Lipinski definition) is 0. The van der Waals surface area contributed by atoms with Crippen LogP contribution in [-0.2, 0) is 16.4 Å². The molecule has 1 saturated heterocycles. The van der Waals surface area contributed by atoms with Crippen molar-refractivity contribution in [2.45, 2.75) is 47.6 Å². The maximum atomic E-state index is 14.2. The fourth-order valence-electron chi connectivity index (χ4n) is 2.64. The average Bonchev–Trinajstić information content (AvgIpc) is 2.65. The van der Waals surface area contributed by atoms with Crippen molar-refractivity contribution < 1.29 is 12.8 Å². The fraction of sp³-hybridized carbons (Fsp3) is 0.438. The number of aromatic nitrogens is 3. The standard InChI is InChI=1S/C16H19FN4O2S2/c1-2-13-15(17)16(20-11-19-13)24-14-7-6-12(10-18-14)25(22,23)21-8-4-3-5-9-21/h6-7,10-11H,2-5,8-9H2,1H3. The second-order valence-electron chi connectivity index (χ2n) is 5.69. The van der Waals surface area contributed by atoms with Crippen LogP contribution < -0.4 is 0 Å². The molecule has 0 atom stereocenters. The van der Waals surface area contributed by atoms with Crippen LogP contribution in [0.25, 0.3) is 0 Å². The summed E-state index contributed by atoms with van der Waals surface area (Å²) in [5.41, 5.74) is 0.349. The minimum atomic E-state index is -3.51. The molecule has 2 aromatic heterocycles. The highest BCUT2D eigenvalue weighted by Crippen LogP contribution is 2.28. The maximum Gasteiger partial charge on any atom is 0.244 e. The van der Waals surface area contributed by atoms with Crippen LogP contribution >= 0.6 is 11.8 Å². The molecule has 6 nitrogen and oxygen atoms in total. The molecular formula is C16H19FN4O2S2. The molecule has 1 aliphatic heterocycles. The number of nitrogens with zero attached hydrogens (tertiary/aromatic N) is 4. The van der Waals surface area contributed by atoms with Gasteiger partial charge in [0, 0.05) is 19.3 Å². The van der Waals surface area contributed by atoms with Crippen molar-refractivity contribution in [2.75, 3.05) is 13.1 Å². The molecule has 0 aliphatic carbocycles. The van der Waals surface area contributed by atoms with E-state index in [1.54, 1.807) is 6.07 Å². The molecule has 0 bridgehead atoms. The Balaban J connectivity index is 1.78. The van der Waals surface area contributed by atoms with Gasteiger partial charge in [0.1, 0.15) is 21.3 Å². The highest BCUT2D eigenvalue weighted by molar-refractivity contribution is 7.99. The van der Waals surface area contributed by atoms with Crippen molar-refractivity contribution in [2.24, 2.45) is 0 Å². The molecule has 0 N–H and O–H groups in total. The van der Waals surface area contributed by atoms with E-state index in [9.17, 15) is 12.8 Å². The van der Waals surface area contributed by atoms with Gasteiger partial charge < -0.3 is 0 Å². The second-order valence-corrected chi connectivity index (χ2v) is 8.64. The summed E-state index contributed by atoms with van der Waals surface area (Å²) in [5, 5.41) is 0.670. The Kier molecular flexibility index (Phi) is 5.65. The summed E-state index contributed by atoms with van der Waals surface area (Å²) < 4.78 is 40.9. The van der Waals surface area contributed by atoms with Crippen molar-refractivity contribution in [1.29, 1.82) is 0 Å². The van der Waals surface area contributed by atoms with E-state index in [1.807, 2.05) is 6.92 Å². The van der Waals surface area contributed by atoms with Gasteiger partial charge in [0.25, 0.3) is 0 Å². The Morgan fingerprint density at radius 3 is 2.56 bits per heavy atom. The highest BCUT2D eigenvalue weighted by Gasteiger charge is 2.26. The van der Waals surface area contributed by atoms with Crippen molar-refractivity contribution in [1.82, 2.24) is 19.3 Å². The first-order valence-corrected chi connectivity index (χ1v) is 10.4. The number of sulfonamides is 1. The first-order valence-electron chi connectivity index (χ1n) is 8.16. The van der Waals surface area contributed by atoms with E-state index < -0.39 is 15.8 Å². The Morgan fingerprint density at radius 2 is 1.92 bits per heavy atom. The first kappa shape index (κ1) is 18.2. The van der Waals surface area contributed by atoms with E-state index in [4.69, 9.17) is 0 Å². The number of rotatable bonds is 5. The zero-order chi connectivity index (χ0) is 17.9. The lowest BCUT2D eigenvalue weighted by atomic mass is 10.2. The van der Waals surface area contributed by atoms with Gasteiger partial charge in [0.15, 0.2) is 5.82 Å². The monoisotopic (exact) mass is 382 g/mol. The third-order valence-corrected chi connectivity index (χ3v) is 6.84. The van der Waals surface area contributed by atoms with E-state index >= 15 is 0 Å². The van der Waals surface area contributed by atoms with Gasteiger partial charge >= 0.3 is 0 Å².